The Hall–Kier alpha value is -1.03. The molecule has 2 rings (SSSR count). The van der Waals surface area contributed by atoms with Crippen LogP contribution in [0.25, 0.3) is 0 Å². The normalized spacial score (nSPS) is 28.4. The quantitative estimate of drug-likeness (QED) is 0.810. The summed E-state index contributed by atoms with van der Waals surface area (Å²) in [5, 5.41) is 3.08. The van der Waals surface area contributed by atoms with Crippen LogP contribution in [0.4, 0.5) is 13.2 Å². The Morgan fingerprint density at radius 3 is 2.35 bits per heavy atom. The summed E-state index contributed by atoms with van der Waals surface area (Å²) < 4.78 is 40.4. The molecule has 1 aliphatic rings. The summed E-state index contributed by atoms with van der Waals surface area (Å²) in [6.07, 6.45) is 3.05. The molecule has 0 heterocycles. The Balaban J connectivity index is 2.27. The first kappa shape index (κ1) is 15.4. The van der Waals surface area contributed by atoms with Gasteiger partial charge in [0.2, 0.25) is 0 Å². The molecule has 0 bridgehead atoms. The molecule has 1 aromatic rings. The van der Waals surface area contributed by atoms with Gasteiger partial charge in [-0.15, -0.1) is 0 Å². The highest BCUT2D eigenvalue weighted by atomic mass is 19.2. The Morgan fingerprint density at radius 1 is 1.05 bits per heavy atom. The molecule has 0 aromatic heterocycles. The third-order valence-corrected chi connectivity index (χ3v) is 4.82. The molecule has 112 valence electrons. The molecule has 1 aromatic carbocycles. The lowest BCUT2D eigenvalue weighted by molar-refractivity contribution is 0.172. The zero-order valence-corrected chi connectivity index (χ0v) is 12.2. The van der Waals surface area contributed by atoms with Crippen molar-refractivity contribution in [3.8, 4) is 0 Å². The van der Waals surface area contributed by atoms with Crippen LogP contribution in [0.3, 0.4) is 0 Å². The number of hydrogen-bond acceptors (Lipinski definition) is 1. The highest BCUT2D eigenvalue weighted by Gasteiger charge is 2.32. The maximum atomic E-state index is 14.0. The van der Waals surface area contributed by atoms with Crippen molar-refractivity contribution in [2.45, 2.75) is 39.2 Å². The van der Waals surface area contributed by atoms with Crippen molar-refractivity contribution < 1.29 is 13.2 Å². The molecule has 4 atom stereocenters. The van der Waals surface area contributed by atoms with Crippen LogP contribution >= 0.6 is 0 Å². The van der Waals surface area contributed by atoms with E-state index in [2.05, 4.69) is 19.2 Å². The summed E-state index contributed by atoms with van der Waals surface area (Å²) in [5.41, 5.74) is 0.234. The Morgan fingerprint density at radius 2 is 1.75 bits per heavy atom. The molecule has 4 heteroatoms. The lowest BCUT2D eigenvalue weighted by atomic mass is 9.72. The van der Waals surface area contributed by atoms with Gasteiger partial charge in [-0.3, -0.25) is 0 Å². The largest absolute Gasteiger partial charge is 0.313 e. The van der Waals surface area contributed by atoms with Gasteiger partial charge in [0.05, 0.1) is 0 Å². The standard InChI is InChI=1S/C16H22F3N/c1-9-4-5-11(8-10(9)2)16(20-3)12-6-7-13(17)15(19)14(12)18/h6-7,9-11,16,20H,4-5,8H2,1-3H3. The fourth-order valence-corrected chi connectivity index (χ4v) is 3.32. The van der Waals surface area contributed by atoms with Crippen LogP contribution in [0.5, 0.6) is 0 Å². The SMILES string of the molecule is CNC(c1ccc(F)c(F)c1F)C1CCC(C)C(C)C1. The van der Waals surface area contributed by atoms with Gasteiger partial charge >= 0.3 is 0 Å². The number of hydrogen-bond donors (Lipinski definition) is 1. The molecule has 1 aliphatic carbocycles. The van der Waals surface area contributed by atoms with Gasteiger partial charge in [0, 0.05) is 11.6 Å². The van der Waals surface area contributed by atoms with E-state index in [4.69, 9.17) is 0 Å². The van der Waals surface area contributed by atoms with E-state index in [1.807, 2.05) is 0 Å². The van der Waals surface area contributed by atoms with Gasteiger partial charge in [-0.05, 0) is 43.7 Å². The molecule has 0 amide bonds. The van der Waals surface area contributed by atoms with Crippen LogP contribution < -0.4 is 5.32 Å². The van der Waals surface area contributed by atoms with E-state index >= 15 is 0 Å². The van der Waals surface area contributed by atoms with Crippen molar-refractivity contribution in [1.82, 2.24) is 5.32 Å². The summed E-state index contributed by atoms with van der Waals surface area (Å²) in [5.74, 6) is -2.08. The summed E-state index contributed by atoms with van der Waals surface area (Å²) in [7, 11) is 1.74. The van der Waals surface area contributed by atoms with Crippen molar-refractivity contribution >= 4 is 0 Å². The first-order chi connectivity index (χ1) is 9.45. The van der Waals surface area contributed by atoms with Crippen molar-refractivity contribution in [2.24, 2.45) is 17.8 Å². The van der Waals surface area contributed by atoms with Gasteiger partial charge < -0.3 is 5.32 Å². The minimum Gasteiger partial charge on any atom is -0.313 e. The molecule has 1 nitrogen and oxygen atoms in total. The van der Waals surface area contributed by atoms with E-state index in [9.17, 15) is 13.2 Å². The summed E-state index contributed by atoms with van der Waals surface area (Å²) in [6, 6.07) is 2.10. The van der Waals surface area contributed by atoms with Crippen LogP contribution in [0, 0.1) is 35.2 Å². The zero-order chi connectivity index (χ0) is 14.9. The molecule has 1 fully saturated rings. The molecular weight excluding hydrogens is 263 g/mol. The van der Waals surface area contributed by atoms with Crippen LogP contribution in [0.15, 0.2) is 12.1 Å². The molecule has 0 saturated heterocycles. The predicted octanol–water partition coefficient (Wildman–Crippen LogP) is 4.44. The van der Waals surface area contributed by atoms with Crippen LogP contribution in [-0.2, 0) is 0 Å². The van der Waals surface area contributed by atoms with Gasteiger partial charge in [-0.2, -0.15) is 0 Å². The minimum absolute atomic E-state index is 0.234. The van der Waals surface area contributed by atoms with Crippen LogP contribution in [0.1, 0.15) is 44.7 Å². The molecule has 20 heavy (non-hydrogen) atoms. The second-order valence-electron chi connectivity index (χ2n) is 6.06. The van der Waals surface area contributed by atoms with Crippen molar-refractivity contribution in [2.75, 3.05) is 7.05 Å². The molecule has 4 unspecified atom stereocenters. The fourth-order valence-electron chi connectivity index (χ4n) is 3.32. The van der Waals surface area contributed by atoms with Gasteiger partial charge in [0.1, 0.15) is 0 Å². The Bertz CT molecular complexity index is 475. The fraction of sp³-hybridized carbons (Fsp3) is 0.625. The minimum atomic E-state index is -1.38. The molecular formula is C16H22F3N. The van der Waals surface area contributed by atoms with E-state index in [1.54, 1.807) is 7.05 Å². The summed E-state index contributed by atoms with van der Waals surface area (Å²) in [4.78, 5) is 0. The predicted molar refractivity (Wildman–Crippen MR) is 73.8 cm³/mol. The zero-order valence-electron chi connectivity index (χ0n) is 12.2. The van der Waals surface area contributed by atoms with Crippen molar-refractivity contribution in [1.29, 1.82) is 0 Å². The summed E-state index contributed by atoms with van der Waals surface area (Å²) >= 11 is 0. The van der Waals surface area contributed by atoms with Crippen LogP contribution in [0.2, 0.25) is 0 Å². The van der Waals surface area contributed by atoms with E-state index in [0.717, 1.165) is 25.3 Å². The van der Waals surface area contributed by atoms with Crippen molar-refractivity contribution in [3.63, 3.8) is 0 Å². The summed E-state index contributed by atoms with van der Waals surface area (Å²) in [6.45, 7) is 4.43. The second kappa shape index (κ2) is 6.17. The lowest BCUT2D eigenvalue weighted by Gasteiger charge is -2.37. The monoisotopic (exact) mass is 285 g/mol. The maximum absolute atomic E-state index is 14.0. The first-order valence-electron chi connectivity index (χ1n) is 7.26. The highest BCUT2D eigenvalue weighted by Crippen LogP contribution is 2.40. The third kappa shape index (κ3) is 2.85. The number of halogens is 3. The third-order valence-electron chi connectivity index (χ3n) is 4.82. The average molecular weight is 285 g/mol. The molecule has 1 saturated carbocycles. The van der Waals surface area contributed by atoms with Crippen LogP contribution in [-0.4, -0.2) is 7.05 Å². The molecule has 0 aliphatic heterocycles. The lowest BCUT2D eigenvalue weighted by Crippen LogP contribution is -2.32. The number of nitrogens with one attached hydrogen (secondary N) is 1. The van der Waals surface area contributed by atoms with E-state index < -0.39 is 17.5 Å². The van der Waals surface area contributed by atoms with E-state index in [0.29, 0.717) is 11.8 Å². The van der Waals surface area contributed by atoms with Gasteiger partial charge in [0.15, 0.2) is 17.5 Å². The Kier molecular flexibility index (Phi) is 4.74. The topological polar surface area (TPSA) is 12.0 Å². The maximum Gasteiger partial charge on any atom is 0.194 e. The highest BCUT2D eigenvalue weighted by molar-refractivity contribution is 5.24. The number of rotatable bonds is 3. The van der Waals surface area contributed by atoms with Gasteiger partial charge in [0.25, 0.3) is 0 Å². The van der Waals surface area contributed by atoms with Gasteiger partial charge in [-0.1, -0.05) is 26.3 Å². The van der Waals surface area contributed by atoms with E-state index in [-0.39, 0.29) is 17.5 Å². The molecule has 1 N–H and O–H groups in total. The number of benzene rings is 1. The Labute approximate surface area is 118 Å². The average Bonchev–Trinajstić information content (AvgIpc) is 2.43. The molecule has 0 spiro atoms. The van der Waals surface area contributed by atoms with Crippen molar-refractivity contribution in [3.05, 3.63) is 35.1 Å². The van der Waals surface area contributed by atoms with E-state index in [1.165, 1.54) is 6.07 Å². The van der Waals surface area contributed by atoms with Gasteiger partial charge in [-0.25, -0.2) is 13.2 Å². The molecule has 0 radical (unpaired) electrons. The smallest absolute Gasteiger partial charge is 0.194 e. The first-order valence-corrected chi connectivity index (χ1v) is 7.26. The second-order valence-corrected chi connectivity index (χ2v) is 6.06.